The van der Waals surface area contributed by atoms with Gasteiger partial charge in [0.15, 0.2) is 0 Å². The normalized spacial score (nSPS) is 16.7. The summed E-state index contributed by atoms with van der Waals surface area (Å²) in [4.78, 5) is 14.2. The third-order valence-corrected chi connectivity index (χ3v) is 3.62. The van der Waals surface area contributed by atoms with E-state index in [9.17, 15) is 4.79 Å². The predicted molar refractivity (Wildman–Crippen MR) is 74.8 cm³/mol. The third-order valence-electron chi connectivity index (χ3n) is 3.62. The number of carbonyl (C=O) groups is 1. The van der Waals surface area contributed by atoms with Crippen LogP contribution in [0.25, 0.3) is 0 Å². The van der Waals surface area contributed by atoms with Gasteiger partial charge in [0.1, 0.15) is 5.78 Å². The number of hydrogen-bond acceptors (Lipinski definition) is 2. The summed E-state index contributed by atoms with van der Waals surface area (Å²) in [6.07, 6.45) is 5.40. The molecule has 0 radical (unpaired) electrons. The smallest absolute Gasteiger partial charge is 0.147 e. The van der Waals surface area contributed by atoms with Gasteiger partial charge < -0.3 is 0 Å². The minimum absolute atomic E-state index is 0.387. The second-order valence-electron chi connectivity index (χ2n) is 5.36. The fourth-order valence-electron chi connectivity index (χ4n) is 2.60. The molecule has 1 fully saturated rings. The second-order valence-corrected chi connectivity index (χ2v) is 5.36. The molecule has 2 heteroatoms. The highest BCUT2D eigenvalue weighted by molar-refractivity contribution is 5.80. The molecular weight excluding hydrogens is 222 g/mol. The summed E-state index contributed by atoms with van der Waals surface area (Å²) >= 11 is 0. The van der Waals surface area contributed by atoms with Gasteiger partial charge >= 0.3 is 0 Å². The Bertz CT molecular complexity index is 394. The molecule has 1 aromatic rings. The summed E-state index contributed by atoms with van der Waals surface area (Å²) in [6, 6.07) is 8.45. The van der Waals surface area contributed by atoms with E-state index in [0.29, 0.717) is 18.7 Å². The Balaban J connectivity index is 1.74. The zero-order valence-corrected chi connectivity index (χ0v) is 11.3. The average molecular weight is 245 g/mol. The highest BCUT2D eigenvalue weighted by Crippen LogP contribution is 2.10. The van der Waals surface area contributed by atoms with Gasteiger partial charge in [0, 0.05) is 6.42 Å². The first-order chi connectivity index (χ1) is 8.74. The van der Waals surface area contributed by atoms with Gasteiger partial charge in [-0.05, 0) is 44.8 Å². The quantitative estimate of drug-likeness (QED) is 0.795. The average Bonchev–Trinajstić information content (AvgIpc) is 2.38. The van der Waals surface area contributed by atoms with E-state index in [-0.39, 0.29) is 0 Å². The van der Waals surface area contributed by atoms with Crippen LogP contribution in [-0.2, 0) is 11.2 Å². The van der Waals surface area contributed by atoms with Crippen molar-refractivity contribution in [2.45, 2.75) is 39.0 Å². The molecule has 2 nitrogen and oxygen atoms in total. The van der Waals surface area contributed by atoms with Crippen LogP contribution in [0.5, 0.6) is 0 Å². The van der Waals surface area contributed by atoms with Crippen LogP contribution < -0.4 is 0 Å². The number of benzene rings is 1. The van der Waals surface area contributed by atoms with Crippen LogP contribution in [0.1, 0.15) is 36.8 Å². The number of hydrogen-bond donors (Lipinski definition) is 0. The highest BCUT2D eigenvalue weighted by Gasteiger charge is 2.13. The zero-order valence-electron chi connectivity index (χ0n) is 11.3. The predicted octanol–water partition coefficient (Wildman–Crippen LogP) is 2.98. The van der Waals surface area contributed by atoms with Gasteiger partial charge in [-0.2, -0.15) is 0 Å². The lowest BCUT2D eigenvalue weighted by Crippen LogP contribution is -2.34. The van der Waals surface area contributed by atoms with Gasteiger partial charge in [0.2, 0.25) is 0 Å². The molecule has 0 unspecified atom stereocenters. The van der Waals surface area contributed by atoms with E-state index in [1.807, 2.05) is 0 Å². The maximum absolute atomic E-state index is 11.9. The van der Waals surface area contributed by atoms with Crippen LogP contribution in [0.4, 0.5) is 0 Å². The third kappa shape index (κ3) is 4.26. The Labute approximate surface area is 110 Å². The molecule has 1 heterocycles. The molecule has 1 saturated heterocycles. The summed E-state index contributed by atoms with van der Waals surface area (Å²) in [7, 11) is 0. The molecule has 18 heavy (non-hydrogen) atoms. The monoisotopic (exact) mass is 245 g/mol. The Morgan fingerprint density at radius 1 is 1.22 bits per heavy atom. The topological polar surface area (TPSA) is 20.3 Å². The first-order valence-electron chi connectivity index (χ1n) is 7.03. The van der Waals surface area contributed by atoms with Gasteiger partial charge in [-0.3, -0.25) is 9.69 Å². The maximum atomic E-state index is 11.9. The lowest BCUT2D eigenvalue weighted by Gasteiger charge is -2.25. The van der Waals surface area contributed by atoms with E-state index >= 15 is 0 Å². The van der Waals surface area contributed by atoms with E-state index in [2.05, 4.69) is 36.1 Å². The van der Waals surface area contributed by atoms with E-state index < -0.39 is 0 Å². The molecule has 1 aliphatic rings. The molecule has 1 aromatic carbocycles. The first kappa shape index (κ1) is 13.3. The standard InChI is InChI=1S/C16H23NO/c1-14-6-5-7-15(12-14)8-9-16(18)13-17-10-3-2-4-11-17/h5-7,12H,2-4,8-11,13H2,1H3. The Morgan fingerprint density at radius 2 is 2.00 bits per heavy atom. The van der Waals surface area contributed by atoms with Crippen LogP contribution in [0.15, 0.2) is 24.3 Å². The van der Waals surface area contributed by atoms with Gasteiger partial charge in [0.05, 0.1) is 6.54 Å². The SMILES string of the molecule is Cc1cccc(CCC(=O)CN2CCCCC2)c1. The molecule has 0 aliphatic carbocycles. The van der Waals surface area contributed by atoms with Crippen molar-refractivity contribution in [1.82, 2.24) is 4.90 Å². The number of Topliss-reactive ketones (excluding diaryl/α,β-unsaturated/α-hetero) is 1. The molecule has 0 spiro atoms. The summed E-state index contributed by atoms with van der Waals surface area (Å²) in [5.74, 6) is 0.387. The van der Waals surface area contributed by atoms with Gasteiger partial charge in [-0.25, -0.2) is 0 Å². The number of rotatable bonds is 5. The van der Waals surface area contributed by atoms with E-state index in [1.165, 1.54) is 30.4 Å². The molecule has 0 bridgehead atoms. The molecule has 2 rings (SSSR count). The van der Waals surface area contributed by atoms with Crippen molar-refractivity contribution in [2.75, 3.05) is 19.6 Å². The summed E-state index contributed by atoms with van der Waals surface area (Å²) in [6.45, 7) is 4.97. The van der Waals surface area contributed by atoms with Crippen molar-refractivity contribution < 1.29 is 4.79 Å². The van der Waals surface area contributed by atoms with E-state index in [1.54, 1.807) is 0 Å². The molecule has 0 amide bonds. The Kier molecular flexibility index (Phi) is 4.94. The van der Waals surface area contributed by atoms with Crippen molar-refractivity contribution in [3.05, 3.63) is 35.4 Å². The summed E-state index contributed by atoms with van der Waals surface area (Å²) in [5.41, 5.74) is 2.55. The van der Waals surface area contributed by atoms with Gasteiger partial charge in [0.25, 0.3) is 0 Å². The van der Waals surface area contributed by atoms with Crippen molar-refractivity contribution in [2.24, 2.45) is 0 Å². The lowest BCUT2D eigenvalue weighted by molar-refractivity contribution is -0.120. The van der Waals surface area contributed by atoms with Crippen LogP contribution >= 0.6 is 0 Å². The maximum Gasteiger partial charge on any atom is 0.147 e. The number of aryl methyl sites for hydroxylation is 2. The zero-order chi connectivity index (χ0) is 12.8. The van der Waals surface area contributed by atoms with Gasteiger partial charge in [-0.1, -0.05) is 36.2 Å². The lowest BCUT2D eigenvalue weighted by atomic mass is 10.0. The number of carbonyl (C=O) groups excluding carboxylic acids is 1. The van der Waals surface area contributed by atoms with E-state index in [0.717, 1.165) is 19.5 Å². The Morgan fingerprint density at radius 3 is 2.72 bits per heavy atom. The first-order valence-corrected chi connectivity index (χ1v) is 7.03. The van der Waals surface area contributed by atoms with Crippen molar-refractivity contribution in [3.8, 4) is 0 Å². The summed E-state index contributed by atoms with van der Waals surface area (Å²) in [5, 5.41) is 0. The van der Waals surface area contributed by atoms with Crippen LogP contribution in [0.3, 0.4) is 0 Å². The van der Waals surface area contributed by atoms with Crippen LogP contribution in [0, 0.1) is 6.92 Å². The van der Waals surface area contributed by atoms with Crippen LogP contribution in [-0.4, -0.2) is 30.3 Å². The largest absolute Gasteiger partial charge is 0.298 e. The molecule has 0 atom stereocenters. The minimum Gasteiger partial charge on any atom is -0.298 e. The fraction of sp³-hybridized carbons (Fsp3) is 0.562. The minimum atomic E-state index is 0.387. The molecule has 1 aliphatic heterocycles. The molecule has 0 aromatic heterocycles. The number of piperidine rings is 1. The second kappa shape index (κ2) is 6.69. The number of ketones is 1. The van der Waals surface area contributed by atoms with Crippen molar-refractivity contribution in [1.29, 1.82) is 0 Å². The Hall–Kier alpha value is -1.15. The number of likely N-dealkylation sites (tertiary alicyclic amines) is 1. The van der Waals surface area contributed by atoms with Crippen molar-refractivity contribution >= 4 is 5.78 Å². The molecular formula is C16H23NO. The van der Waals surface area contributed by atoms with Crippen molar-refractivity contribution in [3.63, 3.8) is 0 Å². The van der Waals surface area contributed by atoms with Gasteiger partial charge in [-0.15, -0.1) is 0 Å². The fourth-order valence-corrected chi connectivity index (χ4v) is 2.60. The molecule has 0 N–H and O–H groups in total. The van der Waals surface area contributed by atoms with Crippen LogP contribution in [0.2, 0.25) is 0 Å². The molecule has 98 valence electrons. The summed E-state index contributed by atoms with van der Waals surface area (Å²) < 4.78 is 0. The highest BCUT2D eigenvalue weighted by atomic mass is 16.1. The van der Waals surface area contributed by atoms with E-state index in [4.69, 9.17) is 0 Å². The molecule has 0 saturated carbocycles. The number of nitrogens with zero attached hydrogens (tertiary/aromatic N) is 1.